The number of ketones is 1. The number of ether oxygens (including phenoxy) is 1. The van der Waals surface area contributed by atoms with Crippen LogP contribution in [0.25, 0.3) is 0 Å². The maximum Gasteiger partial charge on any atom is 0.300 e. The molecule has 2 heterocycles. The van der Waals surface area contributed by atoms with Crippen molar-refractivity contribution in [1.82, 2.24) is 4.31 Å². The predicted molar refractivity (Wildman–Crippen MR) is 116 cm³/mol. The van der Waals surface area contributed by atoms with Crippen molar-refractivity contribution in [2.45, 2.75) is 23.8 Å². The van der Waals surface area contributed by atoms with Crippen LogP contribution in [0.15, 0.2) is 53.4 Å². The second-order valence-corrected chi connectivity index (χ2v) is 9.47. The van der Waals surface area contributed by atoms with Gasteiger partial charge in [0.1, 0.15) is 12.4 Å². The molecular weight excluding hydrogens is 507 g/mol. The Morgan fingerprint density at radius 1 is 1.10 bits per heavy atom. The number of fused-ring (bicyclic) bond motifs is 1. The summed E-state index contributed by atoms with van der Waals surface area (Å²) in [4.78, 5) is 25.7. The number of rotatable bonds is 6. The van der Waals surface area contributed by atoms with Crippen LogP contribution in [-0.2, 0) is 14.8 Å². The molecule has 7 nitrogen and oxygen atoms in total. The highest BCUT2D eigenvalue weighted by Crippen LogP contribution is 2.34. The SMILES string of the molecule is O=C1C(=O)N(CI)c2ccc(S(=O)(=O)N3CCC[C@H]3COc3ccccc3)cc21. The topological polar surface area (TPSA) is 84.0 Å². The lowest BCUT2D eigenvalue weighted by Gasteiger charge is -2.24. The molecule has 1 atom stereocenters. The predicted octanol–water partition coefficient (Wildman–Crippen LogP) is 2.84. The van der Waals surface area contributed by atoms with Gasteiger partial charge in [-0.15, -0.1) is 0 Å². The molecular formula is C20H19IN2O5S. The average Bonchev–Trinajstić information content (AvgIpc) is 3.31. The summed E-state index contributed by atoms with van der Waals surface area (Å²) >= 11 is 2.00. The Labute approximate surface area is 182 Å². The number of Topliss-reactive ketones (excluding diaryl/α,β-unsaturated/α-hetero) is 1. The van der Waals surface area contributed by atoms with Crippen LogP contribution in [0.4, 0.5) is 5.69 Å². The van der Waals surface area contributed by atoms with Crippen LogP contribution >= 0.6 is 22.6 Å². The Kier molecular flexibility index (Phi) is 5.63. The van der Waals surface area contributed by atoms with Crippen molar-refractivity contribution < 1.29 is 22.7 Å². The third-order valence-corrected chi connectivity index (χ3v) is 7.81. The molecule has 152 valence electrons. The van der Waals surface area contributed by atoms with E-state index in [0.29, 0.717) is 29.0 Å². The quantitative estimate of drug-likeness (QED) is 0.250. The lowest BCUT2D eigenvalue weighted by Crippen LogP contribution is -2.39. The van der Waals surface area contributed by atoms with Crippen molar-refractivity contribution in [3.63, 3.8) is 0 Å². The summed E-state index contributed by atoms with van der Waals surface area (Å²) in [5.74, 6) is -0.601. The molecule has 0 aromatic heterocycles. The molecule has 29 heavy (non-hydrogen) atoms. The summed E-state index contributed by atoms with van der Waals surface area (Å²) < 4.78 is 34.0. The fraction of sp³-hybridized carbons (Fsp3) is 0.300. The minimum Gasteiger partial charge on any atom is -0.492 e. The fourth-order valence-electron chi connectivity index (χ4n) is 3.70. The molecule has 0 spiro atoms. The van der Waals surface area contributed by atoms with Gasteiger partial charge in [-0.05, 0) is 43.2 Å². The van der Waals surface area contributed by atoms with E-state index in [0.717, 1.165) is 6.42 Å². The van der Waals surface area contributed by atoms with Gasteiger partial charge in [-0.2, -0.15) is 4.31 Å². The highest BCUT2D eigenvalue weighted by molar-refractivity contribution is 14.1. The molecule has 0 aliphatic carbocycles. The number of sulfonamides is 1. The van der Waals surface area contributed by atoms with Crippen LogP contribution in [-0.4, -0.2) is 48.2 Å². The van der Waals surface area contributed by atoms with E-state index < -0.39 is 21.7 Å². The fourth-order valence-corrected chi connectivity index (χ4v) is 6.08. The van der Waals surface area contributed by atoms with E-state index in [1.807, 2.05) is 52.9 Å². The number of carbonyl (C=O) groups is 2. The number of hydrogen-bond donors (Lipinski definition) is 0. The number of amides is 1. The first-order valence-corrected chi connectivity index (χ1v) is 12.2. The summed E-state index contributed by atoms with van der Waals surface area (Å²) in [6.07, 6.45) is 1.45. The Balaban J connectivity index is 1.58. The number of halogens is 1. The molecule has 1 amide bonds. The summed E-state index contributed by atoms with van der Waals surface area (Å²) in [6.45, 7) is 0.656. The van der Waals surface area contributed by atoms with E-state index in [2.05, 4.69) is 0 Å². The van der Waals surface area contributed by atoms with E-state index in [-0.39, 0.29) is 23.1 Å². The molecule has 0 bridgehead atoms. The first kappa shape index (κ1) is 20.3. The summed E-state index contributed by atoms with van der Waals surface area (Å²) in [6, 6.07) is 13.3. The minimum atomic E-state index is -3.81. The van der Waals surface area contributed by atoms with Gasteiger partial charge in [0.25, 0.3) is 11.7 Å². The smallest absolute Gasteiger partial charge is 0.300 e. The third kappa shape index (κ3) is 3.66. The van der Waals surface area contributed by atoms with Gasteiger partial charge in [-0.3, -0.25) is 14.5 Å². The summed E-state index contributed by atoms with van der Waals surface area (Å²) in [5, 5.41) is 0. The normalized spacial score (nSPS) is 19.6. The molecule has 4 rings (SSSR count). The molecule has 0 N–H and O–H groups in total. The number of alkyl halides is 1. The molecule has 1 fully saturated rings. The lowest BCUT2D eigenvalue weighted by molar-refractivity contribution is -0.114. The second kappa shape index (κ2) is 8.04. The molecule has 2 aromatic rings. The zero-order valence-corrected chi connectivity index (χ0v) is 18.4. The standard InChI is InChI=1S/C20H19IN2O5S/c21-13-22-18-9-8-16(11-17(18)19(24)20(22)25)29(26,27)23-10-4-5-14(23)12-28-15-6-2-1-3-7-15/h1-3,6-9,11,14H,4-5,10,12-13H2/t14-/m0/s1. The van der Waals surface area contributed by atoms with Gasteiger partial charge in [-0.25, -0.2) is 8.42 Å². The van der Waals surface area contributed by atoms with Crippen LogP contribution in [0, 0.1) is 0 Å². The molecule has 0 radical (unpaired) electrons. The van der Waals surface area contributed by atoms with Crippen molar-refractivity contribution in [2.75, 3.05) is 22.6 Å². The zero-order chi connectivity index (χ0) is 20.6. The summed E-state index contributed by atoms with van der Waals surface area (Å²) in [5.41, 5.74) is 0.600. The van der Waals surface area contributed by atoms with Crippen molar-refractivity contribution >= 4 is 50.0 Å². The van der Waals surface area contributed by atoms with Crippen molar-refractivity contribution in [2.24, 2.45) is 0 Å². The largest absolute Gasteiger partial charge is 0.492 e. The van der Waals surface area contributed by atoms with Crippen LogP contribution in [0.5, 0.6) is 5.75 Å². The number of para-hydroxylation sites is 1. The molecule has 2 aliphatic rings. The monoisotopic (exact) mass is 526 g/mol. The maximum atomic E-state index is 13.3. The van der Waals surface area contributed by atoms with E-state index in [1.54, 1.807) is 0 Å². The number of anilines is 1. The maximum absolute atomic E-state index is 13.3. The molecule has 2 aliphatic heterocycles. The van der Waals surface area contributed by atoms with Gasteiger partial charge in [0.15, 0.2) is 0 Å². The second-order valence-electron chi connectivity index (χ2n) is 6.90. The van der Waals surface area contributed by atoms with E-state index in [1.165, 1.54) is 27.4 Å². The zero-order valence-electron chi connectivity index (χ0n) is 15.5. The van der Waals surface area contributed by atoms with Gasteiger partial charge in [-0.1, -0.05) is 40.8 Å². The van der Waals surface area contributed by atoms with Gasteiger partial charge < -0.3 is 4.74 Å². The van der Waals surface area contributed by atoms with Crippen molar-refractivity contribution in [1.29, 1.82) is 0 Å². The summed E-state index contributed by atoms with van der Waals surface area (Å²) in [7, 11) is -3.81. The van der Waals surface area contributed by atoms with Crippen LogP contribution in [0.1, 0.15) is 23.2 Å². The van der Waals surface area contributed by atoms with Crippen molar-refractivity contribution in [3.05, 3.63) is 54.1 Å². The van der Waals surface area contributed by atoms with Gasteiger partial charge in [0.2, 0.25) is 10.0 Å². The van der Waals surface area contributed by atoms with E-state index in [9.17, 15) is 18.0 Å². The first-order chi connectivity index (χ1) is 13.9. The lowest BCUT2D eigenvalue weighted by atomic mass is 10.1. The van der Waals surface area contributed by atoms with Gasteiger partial charge in [0.05, 0.1) is 26.7 Å². The Hall–Kier alpha value is -1.98. The van der Waals surface area contributed by atoms with Crippen LogP contribution < -0.4 is 9.64 Å². The Morgan fingerprint density at radius 3 is 2.59 bits per heavy atom. The third-order valence-electron chi connectivity index (χ3n) is 5.18. The highest BCUT2D eigenvalue weighted by Gasteiger charge is 2.39. The van der Waals surface area contributed by atoms with Crippen LogP contribution in [0.3, 0.4) is 0 Å². The Bertz CT molecular complexity index is 1060. The van der Waals surface area contributed by atoms with E-state index in [4.69, 9.17) is 4.74 Å². The number of benzene rings is 2. The first-order valence-electron chi connectivity index (χ1n) is 9.19. The van der Waals surface area contributed by atoms with Gasteiger partial charge in [0, 0.05) is 6.54 Å². The Morgan fingerprint density at radius 2 is 1.86 bits per heavy atom. The minimum absolute atomic E-state index is 0.0271. The molecule has 0 unspecified atom stereocenters. The van der Waals surface area contributed by atoms with Crippen LogP contribution in [0.2, 0.25) is 0 Å². The molecule has 0 saturated carbocycles. The highest BCUT2D eigenvalue weighted by atomic mass is 127. The molecule has 2 aromatic carbocycles. The molecule has 1 saturated heterocycles. The number of nitrogens with zero attached hydrogens (tertiary/aromatic N) is 2. The molecule has 9 heteroatoms. The van der Waals surface area contributed by atoms with Gasteiger partial charge >= 0.3 is 0 Å². The van der Waals surface area contributed by atoms with Crippen molar-refractivity contribution in [3.8, 4) is 5.75 Å². The number of carbonyl (C=O) groups excluding carboxylic acids is 2. The average molecular weight is 526 g/mol. The van der Waals surface area contributed by atoms with E-state index >= 15 is 0 Å². The number of hydrogen-bond acceptors (Lipinski definition) is 5.